The lowest BCUT2D eigenvalue weighted by atomic mass is 10.1. The summed E-state index contributed by atoms with van der Waals surface area (Å²) in [5.74, 6) is -1.84. The molecule has 1 saturated heterocycles. The maximum absolute atomic E-state index is 14.0. The van der Waals surface area contributed by atoms with E-state index in [2.05, 4.69) is 5.32 Å². The third-order valence-corrected chi connectivity index (χ3v) is 5.08. The number of carbonyl (C=O) groups excluding carboxylic acids is 2. The fourth-order valence-corrected chi connectivity index (χ4v) is 3.52. The van der Waals surface area contributed by atoms with Crippen LogP contribution >= 0.6 is 11.6 Å². The van der Waals surface area contributed by atoms with Gasteiger partial charge in [0, 0.05) is 26.3 Å². The van der Waals surface area contributed by atoms with Gasteiger partial charge in [0.15, 0.2) is 0 Å². The van der Waals surface area contributed by atoms with Crippen molar-refractivity contribution in [3.63, 3.8) is 0 Å². The average Bonchev–Trinajstić information content (AvgIpc) is 2.94. The number of halogens is 2. The molecular weight excluding hydrogens is 385 g/mol. The number of aromatic nitrogens is 1. The Morgan fingerprint density at radius 1 is 1.14 bits per heavy atom. The SMILES string of the molecule is Cn1cc(C(=O)N2CCCCCC2)cc(NC(=O)c2c(F)cccc2Cl)c1=O. The topological polar surface area (TPSA) is 71.4 Å². The molecule has 1 fully saturated rings. The van der Waals surface area contributed by atoms with Gasteiger partial charge in [-0.2, -0.15) is 0 Å². The molecule has 0 bridgehead atoms. The monoisotopic (exact) mass is 405 g/mol. The second kappa shape index (κ2) is 8.56. The molecule has 1 aromatic heterocycles. The molecule has 0 aliphatic carbocycles. The van der Waals surface area contributed by atoms with E-state index < -0.39 is 17.3 Å². The molecule has 8 heteroatoms. The maximum atomic E-state index is 14.0. The number of nitrogens with zero attached hydrogens (tertiary/aromatic N) is 2. The van der Waals surface area contributed by atoms with Crippen molar-refractivity contribution in [3.8, 4) is 0 Å². The van der Waals surface area contributed by atoms with Crippen LogP contribution in [0.3, 0.4) is 0 Å². The zero-order chi connectivity index (χ0) is 20.3. The summed E-state index contributed by atoms with van der Waals surface area (Å²) >= 11 is 5.92. The van der Waals surface area contributed by atoms with Gasteiger partial charge in [0.1, 0.15) is 11.5 Å². The van der Waals surface area contributed by atoms with Crippen LogP contribution in [0.2, 0.25) is 5.02 Å². The largest absolute Gasteiger partial charge is 0.339 e. The van der Waals surface area contributed by atoms with Crippen LogP contribution in [0.1, 0.15) is 46.4 Å². The quantitative estimate of drug-likeness (QED) is 0.850. The van der Waals surface area contributed by atoms with Crippen LogP contribution in [0.4, 0.5) is 10.1 Å². The number of pyridine rings is 1. The first-order valence-corrected chi connectivity index (χ1v) is 9.51. The molecule has 2 heterocycles. The van der Waals surface area contributed by atoms with E-state index in [0.29, 0.717) is 18.7 Å². The van der Waals surface area contributed by atoms with Crippen molar-refractivity contribution in [3.05, 3.63) is 62.8 Å². The fourth-order valence-electron chi connectivity index (χ4n) is 3.27. The Labute approximate surface area is 166 Å². The number of hydrogen-bond acceptors (Lipinski definition) is 3. The van der Waals surface area contributed by atoms with E-state index in [1.54, 1.807) is 4.90 Å². The molecular formula is C20H21ClFN3O3. The van der Waals surface area contributed by atoms with Crippen molar-refractivity contribution in [1.82, 2.24) is 9.47 Å². The lowest BCUT2D eigenvalue weighted by molar-refractivity contribution is 0.0760. The lowest BCUT2D eigenvalue weighted by Crippen LogP contribution is -2.33. The molecule has 3 rings (SSSR count). The van der Waals surface area contributed by atoms with Gasteiger partial charge >= 0.3 is 0 Å². The highest BCUT2D eigenvalue weighted by atomic mass is 35.5. The highest BCUT2D eigenvalue weighted by Gasteiger charge is 2.21. The summed E-state index contributed by atoms with van der Waals surface area (Å²) in [5.41, 5.74) is -0.671. The molecule has 28 heavy (non-hydrogen) atoms. The molecule has 0 unspecified atom stereocenters. The highest BCUT2D eigenvalue weighted by molar-refractivity contribution is 6.34. The zero-order valence-corrected chi connectivity index (χ0v) is 16.3. The van der Waals surface area contributed by atoms with E-state index in [9.17, 15) is 18.8 Å². The minimum absolute atomic E-state index is 0.0638. The summed E-state index contributed by atoms with van der Waals surface area (Å²) in [6.45, 7) is 1.32. The summed E-state index contributed by atoms with van der Waals surface area (Å²) in [7, 11) is 1.49. The maximum Gasteiger partial charge on any atom is 0.274 e. The van der Waals surface area contributed by atoms with Crippen LogP contribution in [0.25, 0.3) is 0 Å². The first kappa shape index (κ1) is 20.1. The first-order valence-electron chi connectivity index (χ1n) is 9.14. The second-order valence-electron chi connectivity index (χ2n) is 6.82. The second-order valence-corrected chi connectivity index (χ2v) is 7.22. The Kier molecular flexibility index (Phi) is 6.14. The van der Waals surface area contributed by atoms with Gasteiger partial charge in [-0.25, -0.2) is 4.39 Å². The molecule has 148 valence electrons. The summed E-state index contributed by atoms with van der Waals surface area (Å²) in [5, 5.41) is 2.33. The van der Waals surface area contributed by atoms with Gasteiger partial charge in [-0.15, -0.1) is 0 Å². The van der Waals surface area contributed by atoms with Gasteiger partial charge < -0.3 is 14.8 Å². The van der Waals surface area contributed by atoms with Crippen molar-refractivity contribution in [1.29, 1.82) is 0 Å². The van der Waals surface area contributed by atoms with Crippen LogP contribution in [-0.4, -0.2) is 34.4 Å². The molecule has 1 aliphatic heterocycles. The summed E-state index contributed by atoms with van der Waals surface area (Å²) in [4.78, 5) is 39.5. The van der Waals surface area contributed by atoms with Gasteiger partial charge in [-0.05, 0) is 31.0 Å². The van der Waals surface area contributed by atoms with Gasteiger partial charge in [0.2, 0.25) is 0 Å². The van der Waals surface area contributed by atoms with Crippen LogP contribution in [-0.2, 0) is 7.05 Å². The zero-order valence-electron chi connectivity index (χ0n) is 15.5. The molecule has 0 saturated carbocycles. The summed E-state index contributed by atoms with van der Waals surface area (Å²) in [6.07, 6.45) is 5.49. The molecule has 0 spiro atoms. The molecule has 1 N–H and O–H groups in total. The number of rotatable bonds is 3. The number of hydrogen-bond donors (Lipinski definition) is 1. The Morgan fingerprint density at radius 2 is 1.82 bits per heavy atom. The number of benzene rings is 1. The van der Waals surface area contributed by atoms with Crippen molar-refractivity contribution in [2.24, 2.45) is 7.05 Å². The third-order valence-electron chi connectivity index (χ3n) is 4.76. The Morgan fingerprint density at radius 3 is 2.46 bits per heavy atom. The lowest BCUT2D eigenvalue weighted by Gasteiger charge is -2.21. The highest BCUT2D eigenvalue weighted by Crippen LogP contribution is 2.20. The van der Waals surface area contributed by atoms with E-state index >= 15 is 0 Å². The van der Waals surface area contributed by atoms with E-state index in [-0.39, 0.29) is 22.2 Å². The van der Waals surface area contributed by atoms with Crippen LogP contribution < -0.4 is 10.9 Å². The van der Waals surface area contributed by atoms with Gasteiger partial charge in [-0.3, -0.25) is 14.4 Å². The van der Waals surface area contributed by atoms with Crippen molar-refractivity contribution in [2.45, 2.75) is 25.7 Å². The number of carbonyl (C=O) groups is 2. The van der Waals surface area contributed by atoms with E-state index in [1.165, 1.54) is 36.0 Å². The van der Waals surface area contributed by atoms with Gasteiger partial charge in [0.05, 0.1) is 16.1 Å². The molecule has 0 radical (unpaired) electrons. The molecule has 0 atom stereocenters. The van der Waals surface area contributed by atoms with E-state index in [4.69, 9.17) is 11.6 Å². The molecule has 2 amide bonds. The molecule has 2 aromatic rings. The summed E-state index contributed by atoms with van der Waals surface area (Å²) in [6, 6.07) is 5.21. The molecule has 6 nitrogen and oxygen atoms in total. The number of anilines is 1. The predicted molar refractivity (Wildman–Crippen MR) is 105 cm³/mol. The van der Waals surface area contributed by atoms with Crippen LogP contribution in [0.5, 0.6) is 0 Å². The minimum Gasteiger partial charge on any atom is -0.339 e. The van der Waals surface area contributed by atoms with Crippen molar-refractivity contribution in [2.75, 3.05) is 18.4 Å². The van der Waals surface area contributed by atoms with Crippen molar-refractivity contribution < 1.29 is 14.0 Å². The first-order chi connectivity index (χ1) is 13.4. The number of likely N-dealkylation sites (tertiary alicyclic amines) is 1. The Hall–Kier alpha value is -2.67. The number of amides is 2. The Bertz CT molecular complexity index is 945. The Balaban J connectivity index is 1.90. The fraction of sp³-hybridized carbons (Fsp3) is 0.350. The third kappa shape index (κ3) is 4.25. The smallest absolute Gasteiger partial charge is 0.274 e. The average molecular weight is 406 g/mol. The van der Waals surface area contributed by atoms with E-state index in [0.717, 1.165) is 31.7 Å². The van der Waals surface area contributed by atoms with Gasteiger partial charge in [0.25, 0.3) is 17.4 Å². The predicted octanol–water partition coefficient (Wildman–Crippen LogP) is 3.45. The normalized spacial score (nSPS) is 14.5. The standard InChI is InChI=1S/C20H21ClFN3O3/c1-24-12-13(19(27)25-9-4-2-3-5-10-25)11-16(20(24)28)23-18(26)17-14(21)7-6-8-15(17)22/h6-8,11-12H,2-5,9-10H2,1H3,(H,23,26). The molecule has 1 aromatic carbocycles. The number of nitrogens with one attached hydrogen (secondary N) is 1. The number of aryl methyl sites for hydroxylation is 1. The minimum atomic E-state index is -0.848. The summed E-state index contributed by atoms with van der Waals surface area (Å²) < 4.78 is 15.2. The van der Waals surface area contributed by atoms with Gasteiger partial charge in [-0.1, -0.05) is 30.5 Å². The molecule has 1 aliphatic rings. The van der Waals surface area contributed by atoms with Crippen molar-refractivity contribution >= 4 is 29.1 Å². The van der Waals surface area contributed by atoms with Crippen LogP contribution in [0.15, 0.2) is 35.3 Å². The van der Waals surface area contributed by atoms with E-state index in [1.807, 2.05) is 0 Å². The van der Waals surface area contributed by atoms with Crippen LogP contribution in [0, 0.1) is 5.82 Å².